The Morgan fingerprint density at radius 1 is 1.36 bits per heavy atom. The van der Waals surface area contributed by atoms with Crippen molar-refractivity contribution in [1.29, 1.82) is 0 Å². The maximum atomic E-state index is 5.52. The van der Waals surface area contributed by atoms with Gasteiger partial charge in [-0.15, -0.1) is 6.58 Å². The van der Waals surface area contributed by atoms with Crippen molar-refractivity contribution in [3.8, 4) is 0 Å². The molecule has 14 heavy (non-hydrogen) atoms. The first kappa shape index (κ1) is 13.7. The van der Waals surface area contributed by atoms with Gasteiger partial charge in [0.2, 0.25) is 0 Å². The molecule has 0 spiro atoms. The summed E-state index contributed by atoms with van der Waals surface area (Å²) in [5.41, 5.74) is 2.92. The van der Waals surface area contributed by atoms with Gasteiger partial charge in [0.25, 0.3) is 0 Å². The third kappa shape index (κ3) is 6.17. The smallest absolute Gasteiger partial charge is 0.0236 e. The fraction of sp³-hybridized carbons (Fsp3) is 0.833. The fourth-order valence-corrected chi connectivity index (χ4v) is 1.65. The summed E-state index contributed by atoms with van der Waals surface area (Å²) >= 11 is 0. The van der Waals surface area contributed by atoms with Gasteiger partial charge in [0, 0.05) is 6.04 Å². The molecule has 0 heterocycles. The molecule has 0 aromatic carbocycles. The van der Waals surface area contributed by atoms with Crippen molar-refractivity contribution in [2.45, 2.75) is 58.4 Å². The normalized spacial score (nSPS) is 15.1. The zero-order valence-corrected chi connectivity index (χ0v) is 9.76. The zero-order chi connectivity index (χ0) is 10.8. The Balaban J connectivity index is 3.47. The van der Waals surface area contributed by atoms with Gasteiger partial charge in [-0.05, 0) is 25.2 Å². The minimum atomic E-state index is 0.490. The number of hydrazine groups is 1. The predicted octanol–water partition coefficient (Wildman–Crippen LogP) is 3.00. The van der Waals surface area contributed by atoms with Crippen molar-refractivity contribution in [1.82, 2.24) is 5.43 Å². The Labute approximate surface area is 88.9 Å². The lowest BCUT2D eigenvalue weighted by Crippen LogP contribution is -2.39. The first-order valence-corrected chi connectivity index (χ1v) is 5.83. The summed E-state index contributed by atoms with van der Waals surface area (Å²) in [4.78, 5) is 0. The second kappa shape index (κ2) is 9.22. The van der Waals surface area contributed by atoms with Crippen molar-refractivity contribution in [3.05, 3.63) is 12.7 Å². The lowest BCUT2D eigenvalue weighted by molar-refractivity contribution is 0.342. The fourth-order valence-electron chi connectivity index (χ4n) is 1.65. The van der Waals surface area contributed by atoms with Gasteiger partial charge < -0.3 is 0 Å². The highest BCUT2D eigenvalue weighted by molar-refractivity contribution is 4.70. The van der Waals surface area contributed by atoms with Gasteiger partial charge >= 0.3 is 0 Å². The maximum Gasteiger partial charge on any atom is 0.0236 e. The van der Waals surface area contributed by atoms with Gasteiger partial charge in [-0.2, -0.15) is 0 Å². The van der Waals surface area contributed by atoms with Crippen molar-refractivity contribution in [3.63, 3.8) is 0 Å². The van der Waals surface area contributed by atoms with E-state index in [0.29, 0.717) is 12.0 Å². The third-order valence-electron chi connectivity index (χ3n) is 2.97. The second-order valence-electron chi connectivity index (χ2n) is 4.09. The van der Waals surface area contributed by atoms with E-state index in [1.54, 1.807) is 0 Å². The molecule has 2 unspecified atom stereocenters. The standard InChI is InChI=1S/C12H26N2/c1-4-6-7-8-9-10-12(14-13)11(3)5-2/h4,11-12,14H,1,5-10,13H2,2-3H3. The van der Waals surface area contributed by atoms with Crippen LogP contribution >= 0.6 is 0 Å². The molecule has 0 aromatic rings. The van der Waals surface area contributed by atoms with E-state index in [-0.39, 0.29) is 0 Å². The van der Waals surface area contributed by atoms with Gasteiger partial charge in [-0.1, -0.05) is 39.2 Å². The average Bonchev–Trinajstić information content (AvgIpc) is 2.22. The van der Waals surface area contributed by atoms with Crippen LogP contribution in [0.15, 0.2) is 12.7 Å². The molecule has 0 radical (unpaired) electrons. The van der Waals surface area contributed by atoms with E-state index in [1.807, 2.05) is 6.08 Å². The molecule has 0 aliphatic rings. The molecule has 0 bridgehead atoms. The highest BCUT2D eigenvalue weighted by Gasteiger charge is 2.12. The molecule has 0 fully saturated rings. The molecule has 0 amide bonds. The summed E-state index contributed by atoms with van der Waals surface area (Å²) in [6, 6.07) is 0.490. The summed E-state index contributed by atoms with van der Waals surface area (Å²) in [5.74, 6) is 6.20. The molecule has 2 heteroatoms. The largest absolute Gasteiger partial charge is 0.271 e. The molecule has 0 aliphatic heterocycles. The van der Waals surface area contributed by atoms with Crippen molar-refractivity contribution >= 4 is 0 Å². The summed E-state index contributed by atoms with van der Waals surface area (Å²) < 4.78 is 0. The molecular formula is C12H26N2. The molecule has 0 rings (SSSR count). The summed E-state index contributed by atoms with van der Waals surface area (Å²) in [6.45, 7) is 8.19. The summed E-state index contributed by atoms with van der Waals surface area (Å²) in [6.07, 6.45) is 9.36. The van der Waals surface area contributed by atoms with E-state index in [0.717, 1.165) is 6.42 Å². The maximum absolute atomic E-state index is 5.52. The Kier molecular flexibility index (Phi) is 9.00. The molecule has 2 nitrogen and oxygen atoms in total. The van der Waals surface area contributed by atoms with Gasteiger partial charge in [-0.3, -0.25) is 11.3 Å². The number of nitrogens with two attached hydrogens (primary N) is 1. The number of allylic oxidation sites excluding steroid dienone is 1. The highest BCUT2D eigenvalue weighted by Crippen LogP contribution is 2.14. The quantitative estimate of drug-likeness (QED) is 0.259. The Morgan fingerprint density at radius 2 is 2.07 bits per heavy atom. The SMILES string of the molecule is C=CCCCCCC(NN)C(C)CC. The summed E-state index contributed by atoms with van der Waals surface area (Å²) in [5, 5.41) is 0. The molecule has 3 N–H and O–H groups in total. The highest BCUT2D eigenvalue weighted by atomic mass is 15.2. The molecule has 84 valence electrons. The molecule has 0 saturated heterocycles. The number of hydrogen-bond donors (Lipinski definition) is 2. The Morgan fingerprint density at radius 3 is 2.57 bits per heavy atom. The van der Waals surface area contributed by atoms with Crippen LogP contribution in [0.2, 0.25) is 0 Å². The first-order chi connectivity index (χ1) is 6.76. The van der Waals surface area contributed by atoms with E-state index in [2.05, 4.69) is 25.9 Å². The first-order valence-electron chi connectivity index (χ1n) is 5.83. The molecular weight excluding hydrogens is 172 g/mol. The van der Waals surface area contributed by atoms with Crippen LogP contribution in [-0.2, 0) is 0 Å². The molecule has 0 saturated carbocycles. The minimum absolute atomic E-state index is 0.490. The average molecular weight is 198 g/mol. The van der Waals surface area contributed by atoms with Crippen LogP contribution in [0.4, 0.5) is 0 Å². The van der Waals surface area contributed by atoms with Crippen molar-refractivity contribution in [2.24, 2.45) is 11.8 Å². The van der Waals surface area contributed by atoms with Crippen molar-refractivity contribution in [2.75, 3.05) is 0 Å². The van der Waals surface area contributed by atoms with E-state index < -0.39 is 0 Å². The van der Waals surface area contributed by atoms with Gasteiger partial charge in [0.1, 0.15) is 0 Å². The zero-order valence-electron chi connectivity index (χ0n) is 9.76. The number of hydrogen-bond acceptors (Lipinski definition) is 2. The number of unbranched alkanes of at least 4 members (excludes halogenated alkanes) is 3. The van der Waals surface area contributed by atoms with Crippen LogP contribution in [0.1, 0.15) is 52.4 Å². The second-order valence-corrected chi connectivity index (χ2v) is 4.09. The van der Waals surface area contributed by atoms with Crippen LogP contribution in [0.5, 0.6) is 0 Å². The van der Waals surface area contributed by atoms with Crippen LogP contribution in [0.3, 0.4) is 0 Å². The van der Waals surface area contributed by atoms with Crippen LogP contribution in [0.25, 0.3) is 0 Å². The number of rotatable bonds is 9. The van der Waals surface area contributed by atoms with Gasteiger partial charge in [0.05, 0.1) is 0 Å². The minimum Gasteiger partial charge on any atom is -0.271 e. The Bertz CT molecular complexity index is 134. The summed E-state index contributed by atoms with van der Waals surface area (Å²) in [7, 11) is 0. The van der Waals surface area contributed by atoms with Crippen molar-refractivity contribution < 1.29 is 0 Å². The van der Waals surface area contributed by atoms with Crippen LogP contribution in [-0.4, -0.2) is 6.04 Å². The van der Waals surface area contributed by atoms with E-state index >= 15 is 0 Å². The van der Waals surface area contributed by atoms with E-state index in [1.165, 1.54) is 32.1 Å². The molecule has 2 atom stereocenters. The monoisotopic (exact) mass is 198 g/mol. The lowest BCUT2D eigenvalue weighted by Gasteiger charge is -2.21. The molecule has 0 aromatic heterocycles. The predicted molar refractivity (Wildman–Crippen MR) is 63.8 cm³/mol. The number of nitrogens with one attached hydrogen (secondary N) is 1. The van der Waals surface area contributed by atoms with Crippen LogP contribution in [0, 0.1) is 5.92 Å². The van der Waals surface area contributed by atoms with Gasteiger partial charge in [0.15, 0.2) is 0 Å². The van der Waals surface area contributed by atoms with E-state index in [4.69, 9.17) is 5.84 Å². The van der Waals surface area contributed by atoms with Crippen LogP contribution < -0.4 is 11.3 Å². The molecule has 0 aliphatic carbocycles. The Hall–Kier alpha value is -0.340. The van der Waals surface area contributed by atoms with Gasteiger partial charge in [-0.25, -0.2) is 0 Å². The third-order valence-corrected chi connectivity index (χ3v) is 2.97. The topological polar surface area (TPSA) is 38.0 Å². The lowest BCUT2D eigenvalue weighted by atomic mass is 9.94. The van der Waals surface area contributed by atoms with E-state index in [9.17, 15) is 0 Å².